The predicted octanol–water partition coefficient (Wildman–Crippen LogP) is 6.15. The lowest BCUT2D eigenvalue weighted by atomic mass is 9.64. The largest absolute Gasteiger partial charge is 0.497 e. The minimum absolute atomic E-state index is 0.0212. The standard InChI is InChI=1S/C30H36N4O2/c1-36-24-17-15-23(16-18-24)28-31-29-33(27(35)19-14-22-10-4-2-5-11-22)26-13-7-6-12-25(26)30(34(29)32-28)20-8-3-9-21-30/h2,4-5,10-11,15-18,25-26H,3,6-9,12-14,19-21H2,1H3/t25-,26+/m1/s1. The molecule has 6 rings (SSSR count). The average Bonchev–Trinajstić information content (AvgIpc) is 3.39. The molecule has 1 amide bonds. The van der Waals surface area contributed by atoms with Gasteiger partial charge in [-0.1, -0.05) is 62.4 Å². The number of benzene rings is 2. The number of hydrogen-bond donors (Lipinski definition) is 0. The highest BCUT2D eigenvalue weighted by molar-refractivity contribution is 5.93. The Kier molecular flexibility index (Phi) is 6.28. The molecular weight excluding hydrogens is 448 g/mol. The number of carbonyl (C=O) groups excluding carboxylic acids is 1. The molecule has 2 atom stereocenters. The van der Waals surface area contributed by atoms with Crippen molar-refractivity contribution in [3.8, 4) is 17.1 Å². The summed E-state index contributed by atoms with van der Waals surface area (Å²) in [6.45, 7) is 0. The number of aromatic nitrogens is 3. The van der Waals surface area contributed by atoms with E-state index in [9.17, 15) is 4.79 Å². The fourth-order valence-corrected chi connectivity index (χ4v) is 7.03. The Hall–Kier alpha value is -3.15. The van der Waals surface area contributed by atoms with Crippen molar-refractivity contribution in [2.45, 2.75) is 82.2 Å². The van der Waals surface area contributed by atoms with Crippen LogP contribution in [0.15, 0.2) is 54.6 Å². The van der Waals surface area contributed by atoms with E-state index in [0.29, 0.717) is 18.2 Å². The number of aryl methyl sites for hydroxylation is 1. The maximum absolute atomic E-state index is 13.9. The lowest BCUT2D eigenvalue weighted by Crippen LogP contribution is -2.61. The van der Waals surface area contributed by atoms with Gasteiger partial charge in [0.15, 0.2) is 5.82 Å². The van der Waals surface area contributed by atoms with Crippen LogP contribution in [0.5, 0.6) is 5.75 Å². The molecule has 2 aliphatic carbocycles. The van der Waals surface area contributed by atoms with E-state index in [1.165, 1.54) is 44.1 Å². The second-order valence-electron chi connectivity index (χ2n) is 10.7. The second-order valence-corrected chi connectivity index (χ2v) is 10.7. The molecule has 36 heavy (non-hydrogen) atoms. The van der Waals surface area contributed by atoms with Gasteiger partial charge in [-0.2, -0.15) is 4.98 Å². The van der Waals surface area contributed by atoms with Crippen LogP contribution in [0.1, 0.15) is 69.8 Å². The van der Waals surface area contributed by atoms with Crippen LogP contribution in [0.3, 0.4) is 0 Å². The molecule has 0 saturated heterocycles. The van der Waals surface area contributed by atoms with Crippen LogP contribution in [0.25, 0.3) is 11.4 Å². The molecule has 6 heteroatoms. The first-order valence-corrected chi connectivity index (χ1v) is 13.7. The van der Waals surface area contributed by atoms with E-state index in [1.54, 1.807) is 7.11 Å². The highest BCUT2D eigenvalue weighted by atomic mass is 16.5. The Bertz CT molecular complexity index is 1200. The van der Waals surface area contributed by atoms with E-state index in [4.69, 9.17) is 14.8 Å². The predicted molar refractivity (Wildman–Crippen MR) is 141 cm³/mol. The Morgan fingerprint density at radius 2 is 1.72 bits per heavy atom. The zero-order valence-corrected chi connectivity index (χ0v) is 21.2. The molecule has 188 valence electrons. The first kappa shape index (κ1) is 23.3. The second kappa shape index (κ2) is 9.72. The Morgan fingerprint density at radius 1 is 0.972 bits per heavy atom. The van der Waals surface area contributed by atoms with E-state index in [-0.39, 0.29) is 17.5 Å². The zero-order valence-electron chi connectivity index (χ0n) is 21.2. The number of nitrogens with zero attached hydrogens (tertiary/aromatic N) is 4. The summed E-state index contributed by atoms with van der Waals surface area (Å²) >= 11 is 0. The summed E-state index contributed by atoms with van der Waals surface area (Å²) in [6, 6.07) is 18.5. The Labute approximate surface area is 213 Å². The first-order valence-electron chi connectivity index (χ1n) is 13.7. The number of amides is 1. The molecule has 3 aliphatic rings. The van der Waals surface area contributed by atoms with Crippen LogP contribution >= 0.6 is 0 Å². The lowest BCUT2D eigenvalue weighted by Gasteiger charge is -2.55. The van der Waals surface area contributed by atoms with Crippen LogP contribution in [0.4, 0.5) is 5.95 Å². The van der Waals surface area contributed by atoms with Gasteiger partial charge in [0.1, 0.15) is 5.75 Å². The minimum Gasteiger partial charge on any atom is -0.497 e. The molecule has 1 aliphatic heterocycles. The molecule has 2 saturated carbocycles. The van der Waals surface area contributed by atoms with E-state index >= 15 is 0 Å². The molecule has 2 aromatic carbocycles. The molecule has 0 N–H and O–H groups in total. The molecule has 1 spiro atoms. The number of methoxy groups -OCH3 is 1. The average molecular weight is 485 g/mol. The van der Waals surface area contributed by atoms with E-state index in [1.807, 2.05) is 42.5 Å². The number of ether oxygens (including phenoxy) is 1. The summed E-state index contributed by atoms with van der Waals surface area (Å²) in [5.74, 6) is 2.91. The third kappa shape index (κ3) is 4.00. The maximum Gasteiger partial charge on any atom is 0.231 e. The van der Waals surface area contributed by atoms with Gasteiger partial charge in [0, 0.05) is 23.9 Å². The first-order chi connectivity index (χ1) is 17.7. The maximum atomic E-state index is 13.9. The van der Waals surface area contributed by atoms with Crippen molar-refractivity contribution >= 4 is 11.9 Å². The van der Waals surface area contributed by atoms with Crippen LogP contribution in [0.2, 0.25) is 0 Å². The van der Waals surface area contributed by atoms with Gasteiger partial charge in [-0.3, -0.25) is 9.69 Å². The van der Waals surface area contributed by atoms with Gasteiger partial charge in [0.2, 0.25) is 11.9 Å². The van der Waals surface area contributed by atoms with Crippen LogP contribution in [0, 0.1) is 5.92 Å². The van der Waals surface area contributed by atoms with Crippen molar-refractivity contribution in [2.75, 3.05) is 12.0 Å². The quantitative estimate of drug-likeness (QED) is 0.436. The summed E-state index contributed by atoms with van der Waals surface area (Å²) < 4.78 is 7.56. The number of anilines is 1. The van der Waals surface area contributed by atoms with Gasteiger partial charge in [-0.05, 0) is 61.9 Å². The monoisotopic (exact) mass is 484 g/mol. The molecule has 0 bridgehead atoms. The SMILES string of the molecule is COc1ccc(-c2nc3n(n2)C2(CCCCC2)[C@@H]2CCCC[C@@H]2N3C(=O)CCc2ccccc2)cc1. The molecule has 3 aromatic rings. The summed E-state index contributed by atoms with van der Waals surface area (Å²) in [5, 5.41) is 5.17. The van der Waals surface area contributed by atoms with Gasteiger partial charge in [-0.25, -0.2) is 4.68 Å². The molecular formula is C30H36N4O2. The minimum atomic E-state index is -0.0212. The number of rotatable bonds is 5. The third-order valence-corrected chi connectivity index (χ3v) is 8.79. The molecule has 2 fully saturated rings. The van der Waals surface area contributed by atoms with E-state index in [0.717, 1.165) is 42.9 Å². The Morgan fingerprint density at radius 3 is 2.47 bits per heavy atom. The van der Waals surface area contributed by atoms with Crippen molar-refractivity contribution in [1.82, 2.24) is 14.8 Å². The van der Waals surface area contributed by atoms with Crippen molar-refractivity contribution in [3.63, 3.8) is 0 Å². The Balaban J connectivity index is 1.42. The molecule has 0 unspecified atom stereocenters. The topological polar surface area (TPSA) is 60.2 Å². The summed E-state index contributed by atoms with van der Waals surface area (Å²) in [4.78, 5) is 21.1. The molecule has 2 heterocycles. The van der Waals surface area contributed by atoms with Crippen molar-refractivity contribution in [1.29, 1.82) is 0 Å². The van der Waals surface area contributed by atoms with Gasteiger partial charge in [0.05, 0.1) is 12.6 Å². The van der Waals surface area contributed by atoms with Crippen LogP contribution in [-0.4, -0.2) is 33.8 Å². The molecule has 1 aromatic heterocycles. The lowest BCUT2D eigenvalue weighted by molar-refractivity contribution is -0.120. The van der Waals surface area contributed by atoms with E-state index in [2.05, 4.69) is 21.7 Å². The fraction of sp³-hybridized carbons (Fsp3) is 0.500. The van der Waals surface area contributed by atoms with E-state index < -0.39 is 0 Å². The highest BCUT2D eigenvalue weighted by Crippen LogP contribution is 2.53. The summed E-state index contributed by atoms with van der Waals surface area (Å²) in [5.41, 5.74) is 2.14. The normalized spacial score (nSPS) is 22.6. The van der Waals surface area contributed by atoms with Gasteiger partial charge in [0.25, 0.3) is 0 Å². The van der Waals surface area contributed by atoms with Crippen molar-refractivity contribution in [2.24, 2.45) is 5.92 Å². The third-order valence-electron chi connectivity index (χ3n) is 8.79. The van der Waals surface area contributed by atoms with Gasteiger partial charge in [-0.15, -0.1) is 5.10 Å². The summed E-state index contributed by atoms with van der Waals surface area (Å²) in [6.07, 6.45) is 11.9. The zero-order chi connectivity index (χ0) is 24.5. The highest BCUT2D eigenvalue weighted by Gasteiger charge is 2.55. The molecule has 6 nitrogen and oxygen atoms in total. The smallest absolute Gasteiger partial charge is 0.231 e. The van der Waals surface area contributed by atoms with Gasteiger partial charge < -0.3 is 4.74 Å². The number of hydrogen-bond acceptors (Lipinski definition) is 4. The fourth-order valence-electron chi connectivity index (χ4n) is 7.03. The molecule has 0 radical (unpaired) electrons. The number of carbonyl (C=O) groups is 1. The number of fused-ring (bicyclic) bond motifs is 4. The van der Waals surface area contributed by atoms with Crippen molar-refractivity contribution < 1.29 is 9.53 Å². The van der Waals surface area contributed by atoms with Crippen LogP contribution < -0.4 is 9.64 Å². The van der Waals surface area contributed by atoms with Crippen LogP contribution in [-0.2, 0) is 16.8 Å². The summed E-state index contributed by atoms with van der Waals surface area (Å²) in [7, 11) is 1.68. The van der Waals surface area contributed by atoms with Crippen molar-refractivity contribution in [3.05, 3.63) is 60.2 Å². The van der Waals surface area contributed by atoms with Gasteiger partial charge >= 0.3 is 0 Å².